The Balaban J connectivity index is 1.32. The average Bonchev–Trinajstić information content (AvgIpc) is 2.73. The van der Waals surface area contributed by atoms with Gasteiger partial charge in [0.1, 0.15) is 0 Å². The maximum atomic E-state index is 13.5. The van der Waals surface area contributed by atoms with Gasteiger partial charge in [0.2, 0.25) is 11.8 Å². The van der Waals surface area contributed by atoms with Crippen molar-refractivity contribution in [2.24, 2.45) is 34.8 Å². The van der Waals surface area contributed by atoms with Crippen molar-refractivity contribution >= 4 is 62.5 Å². The minimum Gasteiger partial charge on any atom is -0.369 e. The third-order valence-corrected chi connectivity index (χ3v) is 10.9. The molecule has 4 saturated carbocycles. The Morgan fingerprint density at radius 2 is 1.69 bits per heavy atom. The van der Waals surface area contributed by atoms with E-state index < -0.39 is 15.6 Å². The summed E-state index contributed by atoms with van der Waals surface area (Å²) in [6.45, 7) is 2.00. The molecule has 1 aromatic carbocycles. The van der Waals surface area contributed by atoms with Gasteiger partial charge in [-0.25, -0.2) is 0 Å². The van der Waals surface area contributed by atoms with Gasteiger partial charge < -0.3 is 11.1 Å². The highest BCUT2D eigenvalue weighted by Crippen LogP contribution is 2.59. The summed E-state index contributed by atoms with van der Waals surface area (Å²) in [5, 5.41) is 3.67. The smallest absolute Gasteiger partial charge is 0.304 e. The molecule has 1 saturated heterocycles. The maximum absolute atomic E-state index is 13.5. The number of hydrogen-bond donors (Lipinski definition) is 2. The Hall–Kier alpha value is -1.26. The molecule has 4 aliphatic carbocycles. The van der Waals surface area contributed by atoms with Crippen molar-refractivity contribution in [1.29, 1.82) is 0 Å². The van der Waals surface area contributed by atoms with E-state index in [4.69, 9.17) is 40.5 Å². The maximum Gasteiger partial charge on any atom is 0.304 e. The van der Waals surface area contributed by atoms with Gasteiger partial charge in [-0.2, -0.15) is 12.7 Å². The molecule has 35 heavy (non-hydrogen) atoms. The van der Waals surface area contributed by atoms with Crippen LogP contribution < -0.4 is 15.4 Å². The van der Waals surface area contributed by atoms with Crippen LogP contribution in [0, 0.1) is 29.1 Å². The quantitative estimate of drug-likeness (QED) is 0.571. The van der Waals surface area contributed by atoms with E-state index in [0.29, 0.717) is 23.8 Å². The monoisotopic (exact) mass is 562 g/mol. The van der Waals surface area contributed by atoms with Crippen LogP contribution in [0.25, 0.3) is 0 Å². The number of hydrogen-bond acceptors (Lipinski definition) is 4. The van der Waals surface area contributed by atoms with Crippen molar-refractivity contribution in [3.63, 3.8) is 0 Å². The molecule has 4 bridgehead atoms. The molecule has 2 amide bonds. The molecule has 0 spiro atoms. The van der Waals surface area contributed by atoms with Gasteiger partial charge in [-0.1, -0.05) is 41.7 Å². The Labute approximate surface area is 220 Å². The molecule has 1 aliphatic heterocycles. The van der Waals surface area contributed by atoms with E-state index in [2.05, 4.69) is 5.32 Å². The number of anilines is 1. The van der Waals surface area contributed by atoms with Gasteiger partial charge in [-0.15, -0.1) is 0 Å². The minimum absolute atomic E-state index is 0.0623. The van der Waals surface area contributed by atoms with E-state index in [1.807, 2.05) is 6.92 Å². The van der Waals surface area contributed by atoms with E-state index >= 15 is 0 Å². The first-order valence-electron chi connectivity index (χ1n) is 11.9. The molecule has 192 valence electrons. The molecule has 0 aromatic heterocycles. The fraction of sp³-hybridized carbons (Fsp3) is 0.652. The number of amides is 2. The SMILES string of the molecule is C[C@H]1CN(CC(=O)NC2C3CC4CC2CC(C(N)=O)(C4)C3)S(=O)(=O)N(c2c(Cl)cc(Cl)cc2Cl)C1. The molecule has 6 rings (SSSR count). The fourth-order valence-corrected chi connectivity index (χ4v) is 10.1. The first-order valence-corrected chi connectivity index (χ1v) is 14.4. The van der Waals surface area contributed by atoms with E-state index in [1.165, 1.54) is 16.4 Å². The molecule has 3 N–H and O–H groups in total. The highest BCUT2D eigenvalue weighted by atomic mass is 35.5. The second kappa shape index (κ2) is 8.94. The molecule has 8 nitrogen and oxygen atoms in total. The van der Waals surface area contributed by atoms with Gasteiger partial charge in [0, 0.05) is 29.6 Å². The summed E-state index contributed by atoms with van der Waals surface area (Å²) in [6, 6.07) is 2.83. The second-order valence-electron chi connectivity index (χ2n) is 10.9. The number of primary amides is 1. The Kier molecular flexibility index (Phi) is 6.49. The van der Waals surface area contributed by atoms with Crippen LogP contribution >= 0.6 is 34.8 Å². The van der Waals surface area contributed by atoms with Gasteiger partial charge in [0.15, 0.2) is 0 Å². The lowest BCUT2D eigenvalue weighted by Crippen LogP contribution is -2.63. The summed E-state index contributed by atoms with van der Waals surface area (Å²) in [6.07, 6.45) is 4.18. The Morgan fingerprint density at radius 3 is 2.26 bits per heavy atom. The van der Waals surface area contributed by atoms with E-state index in [-0.39, 0.29) is 71.0 Å². The minimum atomic E-state index is -4.05. The summed E-state index contributed by atoms with van der Waals surface area (Å²) in [5.74, 6) is 0.219. The number of nitrogens with two attached hydrogens (primary N) is 1. The summed E-state index contributed by atoms with van der Waals surface area (Å²) in [4.78, 5) is 25.3. The first kappa shape index (κ1) is 25.4. The molecule has 1 aromatic rings. The second-order valence-corrected chi connectivity index (χ2v) is 14.0. The van der Waals surface area contributed by atoms with Crippen LogP contribution in [0.4, 0.5) is 5.69 Å². The summed E-state index contributed by atoms with van der Waals surface area (Å²) < 4.78 is 29.4. The van der Waals surface area contributed by atoms with Crippen molar-refractivity contribution in [3.8, 4) is 0 Å². The van der Waals surface area contributed by atoms with Crippen LogP contribution in [0.1, 0.15) is 39.0 Å². The number of nitrogens with one attached hydrogen (secondary N) is 1. The summed E-state index contributed by atoms with van der Waals surface area (Å²) >= 11 is 18.6. The lowest BCUT2D eigenvalue weighted by Gasteiger charge is -2.58. The fourth-order valence-electron chi connectivity index (χ4n) is 7.10. The zero-order valence-electron chi connectivity index (χ0n) is 19.3. The number of benzene rings is 1. The molecular formula is C23H29Cl3N4O4S. The normalized spacial score (nSPS) is 35.8. The van der Waals surface area contributed by atoms with Crippen molar-refractivity contribution in [2.75, 3.05) is 23.9 Å². The largest absolute Gasteiger partial charge is 0.369 e. The first-order chi connectivity index (χ1) is 16.4. The van der Waals surface area contributed by atoms with Gasteiger partial charge in [-0.05, 0) is 67.9 Å². The molecular weight excluding hydrogens is 535 g/mol. The standard InChI is InChI=1S/C23H29Cl3N4O4S/c1-12-9-29(35(33,34)30(10-12)21-17(25)4-16(24)5-18(21)26)11-19(31)28-20-14-2-13-3-15(20)8-23(6-13,7-14)22(27)32/h4-5,12-15,20H,2-3,6-11H2,1H3,(H2,27,32)(H,28,31)/t12-,13?,14?,15?,20?,23?/m0/s1. The van der Waals surface area contributed by atoms with Crippen molar-refractivity contribution in [2.45, 2.75) is 45.1 Å². The van der Waals surface area contributed by atoms with Crippen molar-refractivity contribution in [3.05, 3.63) is 27.2 Å². The van der Waals surface area contributed by atoms with Gasteiger partial charge >= 0.3 is 10.2 Å². The Bertz CT molecular complexity index is 1140. The van der Waals surface area contributed by atoms with Gasteiger partial charge in [0.25, 0.3) is 0 Å². The zero-order chi connectivity index (χ0) is 25.3. The molecule has 12 heteroatoms. The lowest BCUT2D eigenvalue weighted by molar-refractivity contribution is -0.147. The molecule has 1 heterocycles. The van der Waals surface area contributed by atoms with Crippen molar-refractivity contribution < 1.29 is 18.0 Å². The van der Waals surface area contributed by atoms with Crippen molar-refractivity contribution in [1.82, 2.24) is 9.62 Å². The predicted octanol–water partition coefficient (Wildman–Crippen LogP) is 3.45. The highest BCUT2D eigenvalue weighted by molar-refractivity contribution is 7.90. The van der Waals surface area contributed by atoms with Crippen LogP contribution in [0.2, 0.25) is 15.1 Å². The average molecular weight is 564 g/mol. The summed E-state index contributed by atoms with van der Waals surface area (Å²) in [7, 11) is -4.05. The van der Waals surface area contributed by atoms with Crippen LogP contribution in [0.15, 0.2) is 12.1 Å². The van der Waals surface area contributed by atoms with Gasteiger partial charge in [-0.3, -0.25) is 13.9 Å². The third kappa shape index (κ3) is 4.41. The number of halogens is 3. The Morgan fingerprint density at radius 1 is 1.09 bits per heavy atom. The zero-order valence-corrected chi connectivity index (χ0v) is 22.4. The van der Waals surface area contributed by atoms with E-state index in [9.17, 15) is 18.0 Å². The number of carbonyl (C=O) groups is 2. The van der Waals surface area contributed by atoms with E-state index in [0.717, 1.165) is 23.6 Å². The molecule has 5 aliphatic rings. The summed E-state index contributed by atoms with van der Waals surface area (Å²) in [5.41, 5.74) is 5.48. The van der Waals surface area contributed by atoms with Crippen LogP contribution in [-0.2, 0) is 19.8 Å². The molecule has 5 fully saturated rings. The number of nitrogens with zero attached hydrogens (tertiary/aromatic N) is 2. The van der Waals surface area contributed by atoms with Gasteiger partial charge in [0.05, 0.1) is 22.3 Å². The highest BCUT2D eigenvalue weighted by Gasteiger charge is 2.58. The van der Waals surface area contributed by atoms with Crippen LogP contribution in [0.5, 0.6) is 0 Å². The molecule has 0 radical (unpaired) electrons. The van der Waals surface area contributed by atoms with E-state index in [1.54, 1.807) is 0 Å². The third-order valence-electron chi connectivity index (χ3n) is 8.27. The number of rotatable bonds is 5. The molecule has 3 atom stereocenters. The lowest BCUT2D eigenvalue weighted by atomic mass is 9.47. The van der Waals surface area contributed by atoms with Crippen LogP contribution in [0.3, 0.4) is 0 Å². The predicted molar refractivity (Wildman–Crippen MR) is 136 cm³/mol. The number of carbonyl (C=O) groups excluding carboxylic acids is 2. The van der Waals surface area contributed by atoms with Crippen LogP contribution in [-0.4, -0.2) is 50.2 Å². The molecule has 2 unspecified atom stereocenters. The topological polar surface area (TPSA) is 113 Å².